The molecule has 1 N–H and O–H groups in total. The van der Waals surface area contributed by atoms with Crippen molar-refractivity contribution in [2.45, 2.75) is 23.0 Å². The van der Waals surface area contributed by atoms with E-state index in [9.17, 15) is 8.42 Å². The van der Waals surface area contributed by atoms with Gasteiger partial charge in [0.15, 0.2) is 0 Å². The van der Waals surface area contributed by atoms with E-state index in [0.29, 0.717) is 26.8 Å². The van der Waals surface area contributed by atoms with Crippen LogP contribution >= 0.6 is 11.3 Å². The molecule has 0 saturated heterocycles. The molecule has 0 atom stereocenters. The van der Waals surface area contributed by atoms with Gasteiger partial charge in [-0.3, -0.25) is 14.7 Å². The van der Waals surface area contributed by atoms with E-state index in [2.05, 4.69) is 14.7 Å². The van der Waals surface area contributed by atoms with Crippen LogP contribution in [-0.4, -0.2) is 18.4 Å². The molecule has 112 valence electrons. The maximum atomic E-state index is 12.7. The van der Waals surface area contributed by atoms with Gasteiger partial charge < -0.3 is 0 Å². The molecule has 0 amide bonds. The van der Waals surface area contributed by atoms with Crippen molar-refractivity contribution in [2.24, 2.45) is 0 Å². The molecule has 0 spiro atoms. The van der Waals surface area contributed by atoms with Gasteiger partial charge in [-0.05, 0) is 47.9 Å². The number of para-hydroxylation sites is 1. The Morgan fingerprint density at radius 1 is 1.14 bits per heavy atom. The fraction of sp³-hybridized carbons (Fsp3) is 0.200. The average molecular weight is 331 g/mol. The standard InChI is InChI=1S/C15H13N3O2S2/c19-22(20,15-11(6-9-21-15)10-4-5-10)18-13-3-1-2-12-14(13)17-8-7-16-12/h1-3,6-10,18H,4-5H2. The number of nitrogens with one attached hydrogen (secondary N) is 1. The summed E-state index contributed by atoms with van der Waals surface area (Å²) in [7, 11) is -3.60. The minimum Gasteiger partial charge on any atom is -0.277 e. The second-order valence-corrected chi connectivity index (χ2v) is 8.07. The van der Waals surface area contributed by atoms with Gasteiger partial charge in [0.2, 0.25) is 0 Å². The number of aromatic nitrogens is 2. The van der Waals surface area contributed by atoms with E-state index in [-0.39, 0.29) is 0 Å². The van der Waals surface area contributed by atoms with Gasteiger partial charge in [-0.1, -0.05) is 6.07 Å². The Bertz CT molecular complexity index is 941. The molecule has 1 aromatic carbocycles. The fourth-order valence-electron chi connectivity index (χ4n) is 2.49. The highest BCUT2D eigenvalue weighted by Crippen LogP contribution is 2.45. The highest BCUT2D eigenvalue weighted by atomic mass is 32.2. The Labute approximate surface area is 132 Å². The molecule has 3 aromatic rings. The van der Waals surface area contributed by atoms with Gasteiger partial charge in [-0.15, -0.1) is 11.3 Å². The van der Waals surface area contributed by atoms with E-state index >= 15 is 0 Å². The average Bonchev–Trinajstić information content (AvgIpc) is 3.23. The van der Waals surface area contributed by atoms with Crippen molar-refractivity contribution in [2.75, 3.05) is 4.72 Å². The second-order valence-electron chi connectivity index (χ2n) is 5.27. The van der Waals surface area contributed by atoms with Gasteiger partial charge in [0.1, 0.15) is 9.73 Å². The van der Waals surface area contributed by atoms with E-state index in [1.165, 1.54) is 11.3 Å². The van der Waals surface area contributed by atoms with Gasteiger partial charge in [0.25, 0.3) is 10.0 Å². The normalized spacial score (nSPS) is 15.1. The van der Waals surface area contributed by atoms with Crippen LogP contribution in [0.2, 0.25) is 0 Å². The van der Waals surface area contributed by atoms with E-state index < -0.39 is 10.0 Å². The lowest BCUT2D eigenvalue weighted by atomic mass is 10.2. The number of fused-ring (bicyclic) bond motifs is 1. The molecule has 0 aliphatic heterocycles. The number of sulfonamides is 1. The van der Waals surface area contributed by atoms with Crippen molar-refractivity contribution in [1.29, 1.82) is 0 Å². The quantitative estimate of drug-likeness (QED) is 0.795. The van der Waals surface area contributed by atoms with Crippen LogP contribution in [0, 0.1) is 0 Å². The molecule has 2 heterocycles. The van der Waals surface area contributed by atoms with Crippen LogP contribution in [0.25, 0.3) is 11.0 Å². The lowest BCUT2D eigenvalue weighted by Crippen LogP contribution is -2.13. The molecule has 1 saturated carbocycles. The number of benzene rings is 1. The maximum Gasteiger partial charge on any atom is 0.271 e. The number of hydrogen-bond donors (Lipinski definition) is 1. The molecule has 7 heteroatoms. The Hall–Kier alpha value is -1.99. The molecule has 1 fully saturated rings. The van der Waals surface area contributed by atoms with Gasteiger partial charge in [-0.2, -0.15) is 0 Å². The largest absolute Gasteiger partial charge is 0.277 e. The molecule has 0 unspecified atom stereocenters. The van der Waals surface area contributed by atoms with Gasteiger partial charge in [0.05, 0.1) is 11.2 Å². The molecule has 5 nitrogen and oxygen atoms in total. The number of hydrogen-bond acceptors (Lipinski definition) is 5. The molecule has 1 aliphatic rings. The monoisotopic (exact) mass is 331 g/mol. The van der Waals surface area contributed by atoms with Crippen LogP contribution in [-0.2, 0) is 10.0 Å². The highest BCUT2D eigenvalue weighted by molar-refractivity contribution is 7.94. The summed E-state index contributed by atoms with van der Waals surface area (Å²) in [6.07, 6.45) is 5.28. The molecule has 0 bridgehead atoms. The van der Waals surface area contributed by atoms with Crippen molar-refractivity contribution in [3.05, 3.63) is 47.6 Å². The van der Waals surface area contributed by atoms with E-state index in [1.807, 2.05) is 11.4 Å². The number of nitrogens with zero attached hydrogens (tertiary/aromatic N) is 2. The highest BCUT2D eigenvalue weighted by Gasteiger charge is 2.31. The summed E-state index contributed by atoms with van der Waals surface area (Å²) in [6, 6.07) is 7.20. The summed E-state index contributed by atoms with van der Waals surface area (Å²) in [5.41, 5.74) is 2.61. The molecular formula is C15H13N3O2S2. The zero-order chi connectivity index (χ0) is 15.2. The smallest absolute Gasteiger partial charge is 0.271 e. The lowest BCUT2D eigenvalue weighted by Gasteiger charge is -2.10. The fourth-order valence-corrected chi connectivity index (χ4v) is 5.09. The minimum atomic E-state index is -3.60. The molecule has 22 heavy (non-hydrogen) atoms. The van der Waals surface area contributed by atoms with Crippen molar-refractivity contribution >= 4 is 38.1 Å². The first-order valence-electron chi connectivity index (χ1n) is 6.95. The maximum absolute atomic E-state index is 12.7. The third-order valence-electron chi connectivity index (χ3n) is 3.66. The van der Waals surface area contributed by atoms with Crippen LogP contribution in [0.3, 0.4) is 0 Å². The summed E-state index contributed by atoms with van der Waals surface area (Å²) in [5.74, 6) is 0.394. The third-order valence-corrected chi connectivity index (χ3v) is 6.54. The Morgan fingerprint density at radius 3 is 2.77 bits per heavy atom. The van der Waals surface area contributed by atoms with Crippen molar-refractivity contribution in [3.8, 4) is 0 Å². The van der Waals surface area contributed by atoms with Crippen LogP contribution < -0.4 is 4.72 Å². The number of thiophene rings is 1. The Kier molecular flexibility index (Phi) is 3.12. The van der Waals surface area contributed by atoms with Crippen molar-refractivity contribution in [3.63, 3.8) is 0 Å². The molecular weight excluding hydrogens is 318 g/mol. The SMILES string of the molecule is O=S(=O)(Nc1cccc2nccnc12)c1sccc1C1CC1. The van der Waals surface area contributed by atoms with E-state index in [0.717, 1.165) is 18.4 Å². The van der Waals surface area contributed by atoms with Crippen molar-refractivity contribution in [1.82, 2.24) is 9.97 Å². The predicted octanol–water partition coefficient (Wildman–Crippen LogP) is 3.37. The topological polar surface area (TPSA) is 72.0 Å². The third kappa shape index (κ3) is 2.36. The van der Waals surface area contributed by atoms with Crippen molar-refractivity contribution < 1.29 is 8.42 Å². The first-order valence-corrected chi connectivity index (χ1v) is 9.31. The molecule has 1 aliphatic carbocycles. The first-order chi connectivity index (χ1) is 10.6. The van der Waals surface area contributed by atoms with E-state index in [4.69, 9.17) is 0 Å². The number of rotatable bonds is 4. The molecule has 4 rings (SSSR count). The van der Waals surface area contributed by atoms with Crippen LogP contribution in [0.4, 0.5) is 5.69 Å². The van der Waals surface area contributed by atoms with Crippen LogP contribution in [0.5, 0.6) is 0 Å². The molecule has 0 radical (unpaired) electrons. The summed E-state index contributed by atoms with van der Waals surface area (Å²) in [4.78, 5) is 8.43. The van der Waals surface area contributed by atoms with Gasteiger partial charge in [0, 0.05) is 12.4 Å². The zero-order valence-corrected chi connectivity index (χ0v) is 13.2. The van der Waals surface area contributed by atoms with Gasteiger partial charge in [-0.25, -0.2) is 8.42 Å². The number of anilines is 1. The first kappa shape index (κ1) is 13.7. The van der Waals surface area contributed by atoms with E-state index in [1.54, 1.807) is 30.6 Å². The second kappa shape index (κ2) is 5.03. The van der Waals surface area contributed by atoms with Gasteiger partial charge >= 0.3 is 0 Å². The Balaban J connectivity index is 1.76. The predicted molar refractivity (Wildman–Crippen MR) is 86.6 cm³/mol. The minimum absolute atomic E-state index is 0.394. The lowest BCUT2D eigenvalue weighted by molar-refractivity contribution is 0.602. The summed E-state index contributed by atoms with van der Waals surface area (Å²) >= 11 is 1.26. The summed E-state index contributed by atoms with van der Waals surface area (Å²) in [5, 5.41) is 1.84. The van der Waals surface area contributed by atoms with Crippen LogP contribution in [0.15, 0.2) is 46.2 Å². The Morgan fingerprint density at radius 2 is 1.95 bits per heavy atom. The molecule has 2 aromatic heterocycles. The zero-order valence-electron chi connectivity index (χ0n) is 11.6. The van der Waals surface area contributed by atoms with Crippen LogP contribution in [0.1, 0.15) is 24.3 Å². The summed E-state index contributed by atoms with van der Waals surface area (Å²) < 4.78 is 28.5. The summed E-state index contributed by atoms with van der Waals surface area (Å²) in [6.45, 7) is 0.